The molecule has 96 valence electrons. The summed E-state index contributed by atoms with van der Waals surface area (Å²) in [6.45, 7) is 0. The molecule has 0 unspecified atom stereocenters. The number of nitrogens with zero attached hydrogens (tertiary/aromatic N) is 8. The number of nitrogens with two attached hydrogens (primary N) is 1. The highest BCUT2D eigenvalue weighted by Gasteiger charge is 2.23. The van der Waals surface area contributed by atoms with Gasteiger partial charge in [-0.25, -0.2) is 9.36 Å². The summed E-state index contributed by atoms with van der Waals surface area (Å²) in [5.41, 5.74) is 5.33. The maximum atomic E-state index is 11.4. The largest absolute Gasteiger partial charge is 0.368 e. The Labute approximate surface area is 110 Å². The van der Waals surface area contributed by atoms with Gasteiger partial charge in [0.15, 0.2) is 0 Å². The fourth-order valence-electron chi connectivity index (χ4n) is 0.974. The van der Waals surface area contributed by atoms with Gasteiger partial charge in [-0.2, -0.15) is 0 Å². The number of carbonyl (C=O) groups is 1. The van der Waals surface area contributed by atoms with Gasteiger partial charge >= 0.3 is 0 Å². The van der Waals surface area contributed by atoms with Crippen LogP contribution in [0.5, 0.6) is 0 Å². The minimum atomic E-state index is -0.612. The Hall–Kier alpha value is -1.69. The van der Waals surface area contributed by atoms with Gasteiger partial charge in [-0.1, -0.05) is 23.5 Å². The van der Waals surface area contributed by atoms with E-state index in [0.717, 1.165) is 23.5 Å². The molecular weight excluding hydrogens is 278 g/mol. The highest BCUT2D eigenvalue weighted by Crippen LogP contribution is 2.32. The lowest BCUT2D eigenvalue weighted by Gasteiger charge is -2.09. The minimum absolute atomic E-state index is 0.487. The van der Waals surface area contributed by atoms with Crippen molar-refractivity contribution >= 4 is 29.4 Å². The number of carbonyl (C=O) groups excluding carboxylic acids is 1. The number of thioether (sulfide) groups is 2. The SMILES string of the molecule is Cn1nnnc1SC(Sc1nnnn1C)C(N)=O. The normalized spacial score (nSPS) is 11.1. The number of tetrazole rings is 2. The summed E-state index contributed by atoms with van der Waals surface area (Å²) in [5.74, 6) is -0.504. The fourth-order valence-corrected chi connectivity index (χ4v) is 2.84. The monoisotopic (exact) mass is 287 g/mol. The Bertz CT molecular complexity index is 509. The molecule has 0 aromatic carbocycles. The minimum Gasteiger partial charge on any atom is -0.368 e. The summed E-state index contributed by atoms with van der Waals surface area (Å²) < 4.78 is 2.30. The molecule has 0 aliphatic rings. The van der Waals surface area contributed by atoms with Crippen LogP contribution in [0.15, 0.2) is 10.3 Å². The number of primary amides is 1. The van der Waals surface area contributed by atoms with Crippen molar-refractivity contribution in [3.63, 3.8) is 0 Å². The molecule has 2 rings (SSSR count). The van der Waals surface area contributed by atoms with E-state index in [1.54, 1.807) is 14.1 Å². The van der Waals surface area contributed by atoms with E-state index >= 15 is 0 Å². The molecule has 2 aromatic heterocycles. The molecule has 0 bridgehead atoms. The van der Waals surface area contributed by atoms with Gasteiger partial charge in [-0.3, -0.25) is 4.79 Å². The first-order valence-corrected chi connectivity index (χ1v) is 6.41. The lowest BCUT2D eigenvalue weighted by molar-refractivity contribution is -0.116. The van der Waals surface area contributed by atoms with Crippen LogP contribution in [-0.4, -0.2) is 50.9 Å². The van der Waals surface area contributed by atoms with E-state index in [2.05, 4.69) is 31.1 Å². The topological polar surface area (TPSA) is 130 Å². The standard InChI is InChI=1S/C6H9N9OS2/c1-14-5(8-10-12-14)17-4(3(7)16)18-6-9-11-13-15(6)2/h4H,1-2H3,(H2,7,16). The zero-order valence-corrected chi connectivity index (χ0v) is 11.1. The summed E-state index contributed by atoms with van der Waals surface area (Å²) in [6, 6.07) is 0. The van der Waals surface area contributed by atoms with Crippen molar-refractivity contribution in [3.05, 3.63) is 0 Å². The lowest BCUT2D eigenvalue weighted by Crippen LogP contribution is -2.23. The third-order valence-electron chi connectivity index (χ3n) is 1.82. The molecular formula is C6H9N9OS2. The van der Waals surface area contributed by atoms with Crippen LogP contribution in [0.4, 0.5) is 0 Å². The summed E-state index contributed by atoms with van der Waals surface area (Å²) in [7, 11) is 3.35. The van der Waals surface area contributed by atoms with Crippen molar-refractivity contribution < 1.29 is 4.79 Å². The summed E-state index contributed by atoms with van der Waals surface area (Å²) >= 11 is 2.29. The van der Waals surface area contributed by atoms with Crippen LogP contribution >= 0.6 is 23.5 Å². The predicted octanol–water partition coefficient (Wildman–Crippen LogP) is -1.57. The number of amides is 1. The van der Waals surface area contributed by atoms with Crippen LogP contribution in [0.3, 0.4) is 0 Å². The number of hydrogen-bond acceptors (Lipinski definition) is 9. The van der Waals surface area contributed by atoms with E-state index in [9.17, 15) is 4.79 Å². The van der Waals surface area contributed by atoms with Crippen molar-refractivity contribution in [3.8, 4) is 0 Å². The van der Waals surface area contributed by atoms with Gasteiger partial charge in [-0.05, 0) is 20.9 Å². The Morgan fingerprint density at radius 2 is 1.56 bits per heavy atom. The maximum Gasteiger partial charge on any atom is 0.241 e. The molecule has 0 aliphatic heterocycles. The molecule has 2 N–H and O–H groups in total. The van der Waals surface area contributed by atoms with Gasteiger partial charge in [-0.15, -0.1) is 10.2 Å². The van der Waals surface area contributed by atoms with E-state index < -0.39 is 10.5 Å². The Kier molecular flexibility index (Phi) is 3.76. The van der Waals surface area contributed by atoms with Crippen molar-refractivity contribution in [1.29, 1.82) is 0 Å². The van der Waals surface area contributed by atoms with Gasteiger partial charge < -0.3 is 5.73 Å². The molecule has 0 spiro atoms. The zero-order valence-electron chi connectivity index (χ0n) is 9.46. The average molecular weight is 287 g/mol. The van der Waals surface area contributed by atoms with Gasteiger partial charge in [0.1, 0.15) is 4.58 Å². The van der Waals surface area contributed by atoms with Gasteiger partial charge in [0, 0.05) is 14.1 Å². The van der Waals surface area contributed by atoms with Crippen molar-refractivity contribution in [1.82, 2.24) is 40.4 Å². The second-order valence-corrected chi connectivity index (χ2v) is 5.58. The molecule has 0 aliphatic carbocycles. The molecule has 0 saturated carbocycles. The van der Waals surface area contributed by atoms with E-state index in [0.29, 0.717) is 10.3 Å². The average Bonchev–Trinajstić information content (AvgIpc) is 2.88. The molecule has 0 atom stereocenters. The molecule has 2 heterocycles. The first-order valence-electron chi connectivity index (χ1n) is 4.65. The number of rotatable bonds is 5. The second kappa shape index (κ2) is 5.30. The van der Waals surface area contributed by atoms with Crippen LogP contribution in [0.2, 0.25) is 0 Å². The Balaban J connectivity index is 2.12. The van der Waals surface area contributed by atoms with E-state index in [1.807, 2.05) is 0 Å². The van der Waals surface area contributed by atoms with Crippen LogP contribution in [0.25, 0.3) is 0 Å². The number of aryl methyl sites for hydroxylation is 2. The molecule has 10 nitrogen and oxygen atoms in total. The summed E-state index contributed by atoms with van der Waals surface area (Å²) in [4.78, 5) is 11.4. The molecule has 0 radical (unpaired) electrons. The van der Waals surface area contributed by atoms with Crippen LogP contribution in [-0.2, 0) is 18.9 Å². The van der Waals surface area contributed by atoms with E-state index in [-0.39, 0.29) is 0 Å². The predicted molar refractivity (Wildman–Crippen MR) is 62.3 cm³/mol. The summed E-state index contributed by atoms with van der Waals surface area (Å²) in [6.07, 6.45) is 0. The van der Waals surface area contributed by atoms with Gasteiger partial charge in [0.2, 0.25) is 16.2 Å². The van der Waals surface area contributed by atoms with E-state index in [1.165, 1.54) is 9.36 Å². The maximum absolute atomic E-state index is 11.4. The third-order valence-corrected chi connectivity index (χ3v) is 4.40. The molecule has 1 amide bonds. The van der Waals surface area contributed by atoms with Crippen molar-refractivity contribution in [2.24, 2.45) is 19.8 Å². The quantitative estimate of drug-likeness (QED) is 0.511. The highest BCUT2D eigenvalue weighted by atomic mass is 32.2. The first-order chi connectivity index (χ1) is 8.58. The Morgan fingerprint density at radius 3 is 1.83 bits per heavy atom. The molecule has 18 heavy (non-hydrogen) atoms. The first kappa shape index (κ1) is 12.8. The molecule has 0 fully saturated rings. The summed E-state index contributed by atoms with van der Waals surface area (Å²) in [5, 5.41) is 22.8. The zero-order chi connectivity index (χ0) is 13.1. The lowest BCUT2D eigenvalue weighted by atomic mass is 10.7. The fraction of sp³-hybridized carbons (Fsp3) is 0.500. The number of hydrogen-bond donors (Lipinski definition) is 1. The van der Waals surface area contributed by atoms with Crippen molar-refractivity contribution in [2.75, 3.05) is 0 Å². The van der Waals surface area contributed by atoms with Gasteiger partial charge in [0.05, 0.1) is 0 Å². The molecule has 0 saturated heterocycles. The smallest absolute Gasteiger partial charge is 0.241 e. The van der Waals surface area contributed by atoms with Crippen molar-refractivity contribution in [2.45, 2.75) is 14.9 Å². The van der Waals surface area contributed by atoms with E-state index in [4.69, 9.17) is 5.73 Å². The third kappa shape index (κ3) is 2.76. The molecule has 2 aromatic rings. The van der Waals surface area contributed by atoms with Crippen LogP contribution in [0.1, 0.15) is 0 Å². The number of aromatic nitrogens is 8. The second-order valence-electron chi connectivity index (χ2n) is 3.14. The highest BCUT2D eigenvalue weighted by molar-refractivity contribution is 8.17. The Morgan fingerprint density at radius 1 is 1.11 bits per heavy atom. The molecule has 12 heteroatoms. The van der Waals surface area contributed by atoms with Crippen LogP contribution < -0.4 is 5.73 Å². The van der Waals surface area contributed by atoms with Crippen LogP contribution in [0, 0.1) is 0 Å². The van der Waals surface area contributed by atoms with Gasteiger partial charge in [0.25, 0.3) is 0 Å².